The molecule has 0 aliphatic carbocycles. The minimum atomic E-state index is -0.570. The molecule has 0 aliphatic rings. The van der Waals surface area contributed by atoms with Gasteiger partial charge in [0.05, 0.1) is 12.6 Å². The lowest BCUT2D eigenvalue weighted by molar-refractivity contribution is -0.144. The zero-order valence-corrected chi connectivity index (χ0v) is 18.4. The van der Waals surface area contributed by atoms with Gasteiger partial charge in [-0.2, -0.15) is 0 Å². The molecular formula is C23H31NO5. The molecule has 0 saturated carbocycles. The molecule has 1 aromatic heterocycles. The maximum absolute atomic E-state index is 12.6. The molecule has 6 heteroatoms. The Morgan fingerprint density at radius 1 is 1.00 bits per heavy atom. The molecule has 0 amide bonds. The van der Waals surface area contributed by atoms with Gasteiger partial charge in [-0.1, -0.05) is 17.7 Å². The van der Waals surface area contributed by atoms with Gasteiger partial charge in [-0.3, -0.25) is 4.79 Å². The SMILES string of the molecule is COC[C@@H](C)n1c(C)cc(C(=O)COC(=O)COc2c(C)cc(C)cc2C)c1C. The van der Waals surface area contributed by atoms with E-state index < -0.39 is 5.97 Å². The zero-order valence-electron chi connectivity index (χ0n) is 18.4. The summed E-state index contributed by atoms with van der Waals surface area (Å²) in [4.78, 5) is 24.6. The average Bonchev–Trinajstić information content (AvgIpc) is 2.93. The first-order valence-corrected chi connectivity index (χ1v) is 9.72. The lowest BCUT2D eigenvalue weighted by Crippen LogP contribution is -2.20. The molecule has 0 fully saturated rings. The normalized spacial score (nSPS) is 12.0. The van der Waals surface area contributed by atoms with Crippen molar-refractivity contribution in [2.45, 2.75) is 47.6 Å². The standard InChI is InChI=1S/C23H31NO5/c1-14-8-15(2)23(16(3)9-14)29-13-22(26)28-12-21(25)20-10-17(4)24(19(20)6)18(5)11-27-7/h8-10,18H,11-13H2,1-7H3/t18-/m1/s1. The van der Waals surface area contributed by atoms with E-state index in [-0.39, 0.29) is 25.0 Å². The molecule has 158 valence electrons. The molecule has 0 unspecified atom stereocenters. The highest BCUT2D eigenvalue weighted by atomic mass is 16.6. The summed E-state index contributed by atoms with van der Waals surface area (Å²) in [6.07, 6.45) is 0. The number of esters is 1. The number of nitrogens with zero attached hydrogens (tertiary/aromatic N) is 1. The smallest absolute Gasteiger partial charge is 0.344 e. The van der Waals surface area contributed by atoms with Crippen LogP contribution in [0.15, 0.2) is 18.2 Å². The van der Waals surface area contributed by atoms with E-state index in [0.29, 0.717) is 17.9 Å². The molecule has 1 aromatic carbocycles. The van der Waals surface area contributed by atoms with Gasteiger partial charge in [0.2, 0.25) is 5.78 Å². The lowest BCUT2D eigenvalue weighted by atomic mass is 10.1. The van der Waals surface area contributed by atoms with Crippen molar-refractivity contribution >= 4 is 11.8 Å². The fourth-order valence-corrected chi connectivity index (χ4v) is 3.84. The number of carbonyl (C=O) groups excluding carboxylic acids is 2. The van der Waals surface area contributed by atoms with Crippen LogP contribution in [0, 0.1) is 34.6 Å². The van der Waals surface area contributed by atoms with E-state index in [4.69, 9.17) is 14.2 Å². The number of Topliss-reactive ketones (excluding diaryl/α,β-unsaturated/α-hetero) is 1. The fraction of sp³-hybridized carbons (Fsp3) is 0.478. The van der Waals surface area contributed by atoms with Crippen molar-refractivity contribution in [2.75, 3.05) is 26.9 Å². The molecule has 6 nitrogen and oxygen atoms in total. The number of benzene rings is 1. The Morgan fingerprint density at radius 2 is 1.62 bits per heavy atom. The van der Waals surface area contributed by atoms with Gasteiger partial charge in [0.25, 0.3) is 0 Å². The third kappa shape index (κ3) is 5.48. The molecule has 29 heavy (non-hydrogen) atoms. The summed E-state index contributed by atoms with van der Waals surface area (Å²) in [5.41, 5.74) is 5.43. The van der Waals surface area contributed by atoms with Gasteiger partial charge in [-0.25, -0.2) is 4.79 Å². The van der Waals surface area contributed by atoms with Crippen LogP contribution in [0.2, 0.25) is 0 Å². The molecule has 0 saturated heterocycles. The van der Waals surface area contributed by atoms with Crippen molar-refractivity contribution in [2.24, 2.45) is 0 Å². The van der Waals surface area contributed by atoms with Crippen LogP contribution >= 0.6 is 0 Å². The van der Waals surface area contributed by atoms with Crippen molar-refractivity contribution in [3.8, 4) is 5.75 Å². The van der Waals surface area contributed by atoms with Crippen LogP contribution < -0.4 is 4.74 Å². The molecule has 0 radical (unpaired) electrons. The fourth-order valence-electron chi connectivity index (χ4n) is 3.84. The van der Waals surface area contributed by atoms with Gasteiger partial charge < -0.3 is 18.8 Å². The van der Waals surface area contributed by atoms with E-state index in [1.165, 1.54) is 0 Å². The van der Waals surface area contributed by atoms with Gasteiger partial charge in [-0.15, -0.1) is 0 Å². The van der Waals surface area contributed by atoms with Crippen molar-refractivity contribution in [1.82, 2.24) is 4.57 Å². The summed E-state index contributed by atoms with van der Waals surface area (Å²) in [5, 5.41) is 0. The topological polar surface area (TPSA) is 66.8 Å². The number of aromatic nitrogens is 1. The Bertz CT molecular complexity index is 874. The molecule has 0 N–H and O–H groups in total. The first-order valence-electron chi connectivity index (χ1n) is 9.72. The minimum Gasteiger partial charge on any atom is -0.481 e. The maximum atomic E-state index is 12.6. The van der Waals surface area contributed by atoms with Crippen LogP contribution in [0.4, 0.5) is 0 Å². The largest absolute Gasteiger partial charge is 0.481 e. The minimum absolute atomic E-state index is 0.110. The predicted octanol–water partition coefficient (Wildman–Crippen LogP) is 4.04. The second-order valence-corrected chi connectivity index (χ2v) is 7.56. The van der Waals surface area contributed by atoms with E-state index in [2.05, 4.69) is 4.57 Å². The van der Waals surface area contributed by atoms with Gasteiger partial charge in [-0.05, 0) is 58.7 Å². The third-order valence-corrected chi connectivity index (χ3v) is 4.94. The Labute approximate surface area is 172 Å². The Kier molecular flexibility index (Phi) is 7.62. The van der Waals surface area contributed by atoms with Crippen LogP contribution in [0.3, 0.4) is 0 Å². The maximum Gasteiger partial charge on any atom is 0.344 e. The molecule has 2 rings (SSSR count). The number of aryl methyl sites for hydroxylation is 4. The van der Waals surface area contributed by atoms with Crippen LogP contribution in [0.25, 0.3) is 0 Å². The Balaban J connectivity index is 1.96. The summed E-state index contributed by atoms with van der Waals surface area (Å²) >= 11 is 0. The molecule has 0 bridgehead atoms. The second kappa shape index (κ2) is 9.74. The number of carbonyl (C=O) groups is 2. The Hall–Kier alpha value is -2.60. The van der Waals surface area contributed by atoms with Crippen molar-refractivity contribution in [1.29, 1.82) is 0 Å². The Morgan fingerprint density at radius 3 is 2.21 bits per heavy atom. The molecule has 2 aromatic rings. The van der Waals surface area contributed by atoms with Crippen molar-refractivity contribution in [3.63, 3.8) is 0 Å². The quantitative estimate of drug-likeness (QED) is 0.469. The van der Waals surface area contributed by atoms with Gasteiger partial charge in [0.1, 0.15) is 5.75 Å². The average molecular weight is 402 g/mol. The van der Waals surface area contributed by atoms with E-state index in [1.807, 2.05) is 59.7 Å². The summed E-state index contributed by atoms with van der Waals surface area (Å²) in [6.45, 7) is 11.8. The van der Waals surface area contributed by atoms with Gasteiger partial charge in [0.15, 0.2) is 13.2 Å². The number of hydrogen-bond acceptors (Lipinski definition) is 5. The van der Waals surface area contributed by atoms with Gasteiger partial charge >= 0.3 is 5.97 Å². The molecule has 1 heterocycles. The van der Waals surface area contributed by atoms with E-state index in [0.717, 1.165) is 28.1 Å². The number of ketones is 1. The monoisotopic (exact) mass is 401 g/mol. The number of hydrogen-bond donors (Lipinski definition) is 0. The van der Waals surface area contributed by atoms with E-state index in [1.54, 1.807) is 7.11 Å². The molecule has 0 spiro atoms. The highest BCUT2D eigenvalue weighted by Gasteiger charge is 2.20. The highest BCUT2D eigenvalue weighted by Crippen LogP contribution is 2.24. The van der Waals surface area contributed by atoms with Gasteiger partial charge in [0, 0.05) is 24.1 Å². The summed E-state index contributed by atoms with van der Waals surface area (Å²) in [5.74, 6) is -0.126. The number of ether oxygens (including phenoxy) is 3. The van der Waals surface area contributed by atoms with Crippen molar-refractivity contribution in [3.05, 3.63) is 51.8 Å². The molecule has 0 aliphatic heterocycles. The van der Waals surface area contributed by atoms with Crippen molar-refractivity contribution < 1.29 is 23.8 Å². The summed E-state index contributed by atoms with van der Waals surface area (Å²) in [6, 6.07) is 5.93. The van der Waals surface area contributed by atoms with Crippen LogP contribution in [-0.2, 0) is 14.3 Å². The first-order chi connectivity index (χ1) is 13.6. The lowest BCUT2D eigenvalue weighted by Gasteiger charge is -2.17. The highest BCUT2D eigenvalue weighted by molar-refractivity contribution is 5.99. The van der Waals surface area contributed by atoms with Crippen LogP contribution in [0.5, 0.6) is 5.75 Å². The number of methoxy groups -OCH3 is 1. The summed E-state index contributed by atoms with van der Waals surface area (Å²) < 4.78 is 18.0. The number of rotatable bonds is 9. The van der Waals surface area contributed by atoms with E-state index in [9.17, 15) is 9.59 Å². The third-order valence-electron chi connectivity index (χ3n) is 4.94. The van der Waals surface area contributed by atoms with Crippen LogP contribution in [0.1, 0.15) is 51.4 Å². The first kappa shape index (κ1) is 22.7. The molecular weight excluding hydrogens is 370 g/mol. The van der Waals surface area contributed by atoms with E-state index >= 15 is 0 Å². The molecule has 1 atom stereocenters. The zero-order chi connectivity index (χ0) is 21.7. The summed E-state index contributed by atoms with van der Waals surface area (Å²) in [7, 11) is 1.65. The second-order valence-electron chi connectivity index (χ2n) is 7.56. The predicted molar refractivity (Wildman–Crippen MR) is 112 cm³/mol. The van der Waals surface area contributed by atoms with Crippen LogP contribution in [-0.4, -0.2) is 43.3 Å².